The van der Waals surface area contributed by atoms with Crippen molar-refractivity contribution in [3.63, 3.8) is 0 Å². The van der Waals surface area contributed by atoms with E-state index in [2.05, 4.69) is 29.4 Å². The summed E-state index contributed by atoms with van der Waals surface area (Å²) in [6.45, 7) is 7.95. The van der Waals surface area contributed by atoms with E-state index in [0.717, 1.165) is 25.9 Å². The van der Waals surface area contributed by atoms with Crippen molar-refractivity contribution < 1.29 is 14.3 Å². The van der Waals surface area contributed by atoms with Gasteiger partial charge in [0.05, 0.1) is 10.4 Å². The van der Waals surface area contributed by atoms with Gasteiger partial charge in [-0.2, -0.15) is 0 Å². The highest BCUT2D eigenvalue weighted by Gasteiger charge is 2.41. The lowest BCUT2D eigenvalue weighted by atomic mass is 9.89. The summed E-state index contributed by atoms with van der Waals surface area (Å²) in [7, 11) is 0. The van der Waals surface area contributed by atoms with Gasteiger partial charge in [0.2, 0.25) is 5.91 Å². The third-order valence-corrected chi connectivity index (χ3v) is 5.66. The largest absolute Gasteiger partial charge is 0.381 e. The second kappa shape index (κ2) is 7.85. The molecule has 0 radical (unpaired) electrons. The van der Waals surface area contributed by atoms with Crippen LogP contribution in [0.25, 0.3) is 0 Å². The molecule has 6 nitrogen and oxygen atoms in total. The minimum absolute atomic E-state index is 0.0851. The second-order valence-corrected chi connectivity index (χ2v) is 8.42. The number of amides is 2. The molecule has 2 fully saturated rings. The smallest absolute Gasteiger partial charge is 0.262 e. The summed E-state index contributed by atoms with van der Waals surface area (Å²) in [5, 5.41) is 8.01. The van der Waals surface area contributed by atoms with Crippen molar-refractivity contribution in [1.82, 2.24) is 15.5 Å². The molecule has 2 saturated heterocycles. The first-order valence-electron chi connectivity index (χ1n) is 8.94. The Bertz CT molecular complexity index is 597. The number of hydrogen-bond acceptors (Lipinski definition) is 5. The van der Waals surface area contributed by atoms with Crippen LogP contribution in [0.15, 0.2) is 17.5 Å². The zero-order chi connectivity index (χ0) is 17.9. The topological polar surface area (TPSA) is 70.7 Å². The van der Waals surface area contributed by atoms with Crippen molar-refractivity contribution in [2.24, 2.45) is 5.92 Å². The van der Waals surface area contributed by atoms with Crippen LogP contribution in [0.2, 0.25) is 0 Å². The predicted molar refractivity (Wildman–Crippen MR) is 97.8 cm³/mol. The van der Waals surface area contributed by atoms with Gasteiger partial charge in [0.1, 0.15) is 6.04 Å². The molecule has 0 aromatic carbocycles. The molecular formula is C18H27N3O3S. The minimum atomic E-state index is -0.532. The van der Waals surface area contributed by atoms with Crippen LogP contribution < -0.4 is 10.6 Å². The van der Waals surface area contributed by atoms with Crippen LogP contribution in [-0.4, -0.2) is 61.1 Å². The predicted octanol–water partition coefficient (Wildman–Crippen LogP) is 1.48. The summed E-state index contributed by atoms with van der Waals surface area (Å²) < 4.78 is 5.49. The molecule has 2 amide bonds. The van der Waals surface area contributed by atoms with E-state index in [9.17, 15) is 9.59 Å². The number of rotatable bonds is 4. The van der Waals surface area contributed by atoms with E-state index >= 15 is 0 Å². The number of carbonyl (C=O) groups excluding carboxylic acids is 2. The molecule has 1 aromatic rings. The summed E-state index contributed by atoms with van der Waals surface area (Å²) in [6.07, 6.45) is 1.64. The molecule has 3 heterocycles. The second-order valence-electron chi connectivity index (χ2n) is 7.47. The van der Waals surface area contributed by atoms with Crippen molar-refractivity contribution in [3.8, 4) is 0 Å². The Balaban J connectivity index is 1.76. The van der Waals surface area contributed by atoms with Crippen LogP contribution in [0.1, 0.15) is 36.4 Å². The third kappa shape index (κ3) is 4.59. The monoisotopic (exact) mass is 365 g/mol. The van der Waals surface area contributed by atoms with Crippen LogP contribution in [0, 0.1) is 5.92 Å². The molecule has 7 heteroatoms. The van der Waals surface area contributed by atoms with Gasteiger partial charge in [0.25, 0.3) is 5.91 Å². The zero-order valence-electron chi connectivity index (χ0n) is 14.9. The summed E-state index contributed by atoms with van der Waals surface area (Å²) in [5.41, 5.74) is -0.243. The van der Waals surface area contributed by atoms with Crippen molar-refractivity contribution >= 4 is 23.2 Å². The lowest BCUT2D eigenvalue weighted by molar-refractivity contribution is -0.125. The number of ether oxygens (including phenoxy) is 1. The van der Waals surface area contributed by atoms with Gasteiger partial charge in [-0.05, 0) is 30.2 Å². The third-order valence-electron chi connectivity index (χ3n) is 4.80. The maximum atomic E-state index is 12.8. The van der Waals surface area contributed by atoms with E-state index < -0.39 is 6.04 Å². The highest BCUT2D eigenvalue weighted by atomic mass is 32.1. The first-order valence-corrected chi connectivity index (χ1v) is 9.82. The molecule has 25 heavy (non-hydrogen) atoms. The van der Waals surface area contributed by atoms with Crippen LogP contribution in [-0.2, 0) is 9.53 Å². The van der Waals surface area contributed by atoms with E-state index in [1.165, 1.54) is 11.3 Å². The maximum absolute atomic E-state index is 12.8. The molecule has 138 valence electrons. The SMILES string of the molecule is CC(C)CN1CC(NC(=O)c2cccs2)C(=O)NC2(CCOCC2)C1. The molecule has 0 aliphatic carbocycles. The Morgan fingerprint density at radius 3 is 2.88 bits per heavy atom. The number of nitrogens with one attached hydrogen (secondary N) is 2. The molecule has 2 N–H and O–H groups in total. The Morgan fingerprint density at radius 2 is 2.24 bits per heavy atom. The molecule has 1 atom stereocenters. The van der Waals surface area contributed by atoms with Gasteiger partial charge < -0.3 is 15.4 Å². The summed E-state index contributed by atoms with van der Waals surface area (Å²) in [5.74, 6) is 0.236. The van der Waals surface area contributed by atoms with Crippen LogP contribution >= 0.6 is 11.3 Å². The van der Waals surface area contributed by atoms with E-state index in [1.54, 1.807) is 6.07 Å². The van der Waals surface area contributed by atoms with Gasteiger partial charge in [-0.15, -0.1) is 11.3 Å². The van der Waals surface area contributed by atoms with Gasteiger partial charge in [-0.25, -0.2) is 0 Å². The normalized spacial score (nSPS) is 24.1. The lowest BCUT2D eigenvalue weighted by Crippen LogP contribution is -2.57. The first-order chi connectivity index (χ1) is 12.0. The lowest BCUT2D eigenvalue weighted by Gasteiger charge is -2.39. The number of hydrogen-bond donors (Lipinski definition) is 2. The molecular weight excluding hydrogens is 338 g/mol. The van der Waals surface area contributed by atoms with Gasteiger partial charge >= 0.3 is 0 Å². The van der Waals surface area contributed by atoms with Crippen molar-refractivity contribution in [2.45, 2.75) is 38.3 Å². The number of carbonyl (C=O) groups is 2. The maximum Gasteiger partial charge on any atom is 0.262 e. The summed E-state index contributed by atoms with van der Waals surface area (Å²) >= 11 is 1.39. The van der Waals surface area contributed by atoms with Crippen LogP contribution in [0.4, 0.5) is 0 Å². The summed E-state index contributed by atoms with van der Waals surface area (Å²) in [4.78, 5) is 28.2. The van der Waals surface area contributed by atoms with E-state index in [0.29, 0.717) is 30.6 Å². The quantitative estimate of drug-likeness (QED) is 0.848. The molecule has 1 unspecified atom stereocenters. The Labute approximate surface area is 152 Å². The van der Waals surface area contributed by atoms with Crippen LogP contribution in [0.3, 0.4) is 0 Å². The average molecular weight is 365 g/mol. The fourth-order valence-electron chi connectivity index (χ4n) is 3.67. The molecule has 1 spiro atoms. The van der Waals surface area contributed by atoms with E-state index in [-0.39, 0.29) is 17.4 Å². The molecule has 3 rings (SSSR count). The van der Waals surface area contributed by atoms with E-state index in [1.807, 2.05) is 11.4 Å². The number of nitrogens with zero attached hydrogens (tertiary/aromatic N) is 1. The Hall–Kier alpha value is -1.44. The highest BCUT2D eigenvalue weighted by Crippen LogP contribution is 2.25. The zero-order valence-corrected chi connectivity index (χ0v) is 15.7. The minimum Gasteiger partial charge on any atom is -0.381 e. The average Bonchev–Trinajstić information content (AvgIpc) is 3.05. The van der Waals surface area contributed by atoms with E-state index in [4.69, 9.17) is 4.74 Å². The molecule has 0 bridgehead atoms. The fraction of sp³-hybridized carbons (Fsp3) is 0.667. The summed E-state index contributed by atoms with van der Waals surface area (Å²) in [6, 6.07) is 3.09. The first kappa shape index (κ1) is 18.4. The van der Waals surface area contributed by atoms with Crippen LogP contribution in [0.5, 0.6) is 0 Å². The molecule has 1 aromatic heterocycles. The van der Waals surface area contributed by atoms with Crippen molar-refractivity contribution in [1.29, 1.82) is 0 Å². The highest BCUT2D eigenvalue weighted by molar-refractivity contribution is 7.12. The molecule has 0 saturated carbocycles. The van der Waals surface area contributed by atoms with Crippen molar-refractivity contribution in [2.75, 3.05) is 32.8 Å². The Morgan fingerprint density at radius 1 is 1.48 bits per heavy atom. The number of thiophene rings is 1. The van der Waals surface area contributed by atoms with Gasteiger partial charge in [-0.3, -0.25) is 14.5 Å². The van der Waals surface area contributed by atoms with Gasteiger partial charge in [0, 0.05) is 32.8 Å². The molecule has 2 aliphatic heterocycles. The van der Waals surface area contributed by atoms with Gasteiger partial charge in [0.15, 0.2) is 0 Å². The standard InChI is InChI=1S/C18H27N3O3S/c1-13(2)10-21-11-14(19-17(23)15-4-3-9-25-15)16(22)20-18(12-21)5-7-24-8-6-18/h3-4,9,13-14H,5-8,10-12H2,1-2H3,(H,19,23)(H,20,22). The van der Waals surface area contributed by atoms with Gasteiger partial charge in [-0.1, -0.05) is 19.9 Å². The Kier molecular flexibility index (Phi) is 5.76. The molecule has 2 aliphatic rings. The van der Waals surface area contributed by atoms with Crippen molar-refractivity contribution in [3.05, 3.63) is 22.4 Å². The fourth-order valence-corrected chi connectivity index (χ4v) is 4.30.